The van der Waals surface area contributed by atoms with Crippen molar-refractivity contribution < 1.29 is 14.4 Å². The van der Waals surface area contributed by atoms with Crippen LogP contribution in [-0.4, -0.2) is 49.3 Å². The van der Waals surface area contributed by atoms with Crippen molar-refractivity contribution in [2.45, 2.75) is 13.3 Å². The number of rotatable bonds is 9. The predicted octanol–water partition coefficient (Wildman–Crippen LogP) is 2.99. The summed E-state index contributed by atoms with van der Waals surface area (Å²) in [5.41, 5.74) is 1.32. The van der Waals surface area contributed by atoms with Crippen LogP contribution < -0.4 is 16.0 Å². The molecule has 154 valence electrons. The van der Waals surface area contributed by atoms with E-state index in [1.54, 1.807) is 60.5 Å². The van der Waals surface area contributed by atoms with E-state index in [0.29, 0.717) is 28.5 Å². The van der Waals surface area contributed by atoms with Gasteiger partial charge in [0, 0.05) is 17.3 Å². The van der Waals surface area contributed by atoms with E-state index in [1.807, 2.05) is 6.92 Å². The number of amides is 3. The zero-order valence-corrected chi connectivity index (χ0v) is 17.3. The van der Waals surface area contributed by atoms with E-state index >= 15 is 0 Å². The van der Waals surface area contributed by atoms with Crippen molar-refractivity contribution in [3.63, 3.8) is 0 Å². The second kappa shape index (κ2) is 11.2. The molecule has 7 nitrogen and oxygen atoms in total. The zero-order chi connectivity index (χ0) is 21.2. The molecule has 2 aromatic carbocycles. The van der Waals surface area contributed by atoms with Crippen LogP contribution >= 0.6 is 11.6 Å². The molecular weight excluding hydrogens is 392 g/mol. The van der Waals surface area contributed by atoms with Crippen LogP contribution in [0.4, 0.5) is 11.4 Å². The summed E-state index contributed by atoms with van der Waals surface area (Å²) in [6, 6.07) is 13.5. The van der Waals surface area contributed by atoms with E-state index in [1.165, 1.54) is 0 Å². The molecule has 3 amide bonds. The fourth-order valence-corrected chi connectivity index (χ4v) is 2.70. The fraction of sp³-hybridized carbons (Fsp3) is 0.286. The van der Waals surface area contributed by atoms with Crippen LogP contribution in [0.25, 0.3) is 0 Å². The van der Waals surface area contributed by atoms with Gasteiger partial charge in [-0.2, -0.15) is 0 Å². The Bertz CT molecular complexity index is 855. The molecule has 8 heteroatoms. The molecule has 0 unspecified atom stereocenters. The van der Waals surface area contributed by atoms with E-state index in [4.69, 9.17) is 11.6 Å². The summed E-state index contributed by atoms with van der Waals surface area (Å²) in [5, 5.41) is 8.85. The molecule has 0 bridgehead atoms. The topological polar surface area (TPSA) is 90.5 Å². The number of hydrogen-bond donors (Lipinski definition) is 3. The first-order valence-electron chi connectivity index (χ1n) is 9.30. The molecule has 0 atom stereocenters. The van der Waals surface area contributed by atoms with Crippen molar-refractivity contribution in [3.8, 4) is 0 Å². The Kier molecular flexibility index (Phi) is 8.64. The van der Waals surface area contributed by atoms with Crippen LogP contribution in [-0.2, 0) is 9.59 Å². The Balaban J connectivity index is 1.97. The van der Waals surface area contributed by atoms with Crippen LogP contribution in [0, 0.1) is 0 Å². The summed E-state index contributed by atoms with van der Waals surface area (Å²) in [4.78, 5) is 38.3. The quantitative estimate of drug-likeness (QED) is 0.586. The Morgan fingerprint density at radius 1 is 0.931 bits per heavy atom. The molecule has 0 spiro atoms. The average Bonchev–Trinajstić information content (AvgIpc) is 2.68. The standard InChI is InChI=1S/C21H25ClN4O3/c1-3-12-23-19(27)13-26(2)14-20(28)25-18-7-5-4-6-17(18)21(29)24-16-10-8-15(22)9-11-16/h4-11H,3,12-14H2,1-2H3,(H,23,27)(H,24,29)(H,25,28). The fourth-order valence-electron chi connectivity index (χ4n) is 2.58. The highest BCUT2D eigenvalue weighted by molar-refractivity contribution is 6.30. The minimum atomic E-state index is -0.351. The maximum Gasteiger partial charge on any atom is 0.257 e. The maximum absolute atomic E-state index is 12.6. The molecule has 0 heterocycles. The third kappa shape index (κ3) is 7.56. The lowest BCUT2D eigenvalue weighted by Gasteiger charge is -2.17. The lowest BCUT2D eigenvalue weighted by Crippen LogP contribution is -2.39. The molecule has 0 fully saturated rings. The van der Waals surface area contributed by atoms with Crippen molar-refractivity contribution in [2.24, 2.45) is 0 Å². The molecule has 0 aliphatic heterocycles. The van der Waals surface area contributed by atoms with Gasteiger partial charge in [0.15, 0.2) is 0 Å². The van der Waals surface area contributed by atoms with Gasteiger partial charge in [-0.15, -0.1) is 0 Å². The highest BCUT2D eigenvalue weighted by Crippen LogP contribution is 2.19. The number of halogens is 1. The summed E-state index contributed by atoms with van der Waals surface area (Å²) >= 11 is 5.86. The molecule has 0 aliphatic rings. The van der Waals surface area contributed by atoms with Gasteiger partial charge < -0.3 is 16.0 Å². The van der Waals surface area contributed by atoms with E-state index in [2.05, 4.69) is 16.0 Å². The van der Waals surface area contributed by atoms with Gasteiger partial charge in [-0.05, 0) is 49.9 Å². The molecule has 29 heavy (non-hydrogen) atoms. The molecule has 0 aromatic heterocycles. The van der Waals surface area contributed by atoms with Gasteiger partial charge in [0.1, 0.15) is 0 Å². The van der Waals surface area contributed by atoms with Crippen molar-refractivity contribution in [3.05, 3.63) is 59.1 Å². The lowest BCUT2D eigenvalue weighted by molar-refractivity contribution is -0.122. The van der Waals surface area contributed by atoms with Crippen molar-refractivity contribution in [2.75, 3.05) is 37.3 Å². The van der Waals surface area contributed by atoms with Gasteiger partial charge in [0.25, 0.3) is 5.91 Å². The highest BCUT2D eigenvalue weighted by Gasteiger charge is 2.15. The Morgan fingerprint density at radius 3 is 2.28 bits per heavy atom. The van der Waals surface area contributed by atoms with Gasteiger partial charge in [-0.1, -0.05) is 30.7 Å². The number of nitrogens with one attached hydrogen (secondary N) is 3. The Labute approximate surface area is 175 Å². The number of hydrogen-bond acceptors (Lipinski definition) is 4. The first kappa shape index (κ1) is 22.4. The van der Waals surface area contributed by atoms with Gasteiger partial charge in [0.05, 0.1) is 24.3 Å². The zero-order valence-electron chi connectivity index (χ0n) is 16.5. The van der Waals surface area contributed by atoms with Crippen molar-refractivity contribution >= 4 is 40.7 Å². The molecule has 0 saturated heterocycles. The molecule has 2 rings (SSSR count). The first-order chi connectivity index (χ1) is 13.9. The first-order valence-corrected chi connectivity index (χ1v) is 9.68. The second-order valence-electron chi connectivity index (χ2n) is 6.58. The van der Waals surface area contributed by atoms with Gasteiger partial charge in [0.2, 0.25) is 11.8 Å². The summed E-state index contributed by atoms with van der Waals surface area (Å²) in [6.07, 6.45) is 0.852. The van der Waals surface area contributed by atoms with Gasteiger partial charge >= 0.3 is 0 Å². The number of likely N-dealkylation sites (N-methyl/N-ethyl adjacent to an activating group) is 1. The van der Waals surface area contributed by atoms with Crippen LogP contribution in [0.1, 0.15) is 23.7 Å². The minimum absolute atomic E-state index is 0.0205. The predicted molar refractivity (Wildman–Crippen MR) is 115 cm³/mol. The number of carbonyl (C=O) groups excluding carboxylic acids is 3. The minimum Gasteiger partial charge on any atom is -0.355 e. The number of nitrogens with zero attached hydrogens (tertiary/aromatic N) is 1. The molecule has 0 aliphatic carbocycles. The van der Waals surface area contributed by atoms with E-state index in [0.717, 1.165) is 6.42 Å². The highest BCUT2D eigenvalue weighted by atomic mass is 35.5. The Hall–Kier alpha value is -2.90. The molecular formula is C21H25ClN4O3. The number of benzene rings is 2. The third-order valence-electron chi connectivity index (χ3n) is 3.95. The van der Waals surface area contributed by atoms with Crippen LogP contribution in [0.3, 0.4) is 0 Å². The molecule has 0 radical (unpaired) electrons. The van der Waals surface area contributed by atoms with E-state index in [9.17, 15) is 14.4 Å². The van der Waals surface area contributed by atoms with E-state index in [-0.39, 0.29) is 30.8 Å². The van der Waals surface area contributed by atoms with Crippen LogP contribution in [0.15, 0.2) is 48.5 Å². The molecule has 3 N–H and O–H groups in total. The second-order valence-corrected chi connectivity index (χ2v) is 7.01. The van der Waals surface area contributed by atoms with Crippen LogP contribution in [0.2, 0.25) is 5.02 Å². The summed E-state index contributed by atoms with van der Waals surface area (Å²) in [6.45, 7) is 2.71. The molecule has 0 saturated carbocycles. The molecule has 2 aromatic rings. The van der Waals surface area contributed by atoms with Gasteiger partial charge in [-0.25, -0.2) is 0 Å². The summed E-state index contributed by atoms with van der Waals surface area (Å²) in [7, 11) is 1.68. The SMILES string of the molecule is CCCNC(=O)CN(C)CC(=O)Nc1ccccc1C(=O)Nc1ccc(Cl)cc1. The summed E-state index contributed by atoms with van der Waals surface area (Å²) < 4.78 is 0. The van der Waals surface area contributed by atoms with Crippen LogP contribution in [0.5, 0.6) is 0 Å². The number of para-hydroxylation sites is 1. The van der Waals surface area contributed by atoms with Crippen molar-refractivity contribution in [1.29, 1.82) is 0 Å². The van der Waals surface area contributed by atoms with E-state index < -0.39 is 0 Å². The monoisotopic (exact) mass is 416 g/mol. The van der Waals surface area contributed by atoms with Crippen molar-refractivity contribution in [1.82, 2.24) is 10.2 Å². The largest absolute Gasteiger partial charge is 0.355 e. The normalized spacial score (nSPS) is 10.5. The lowest BCUT2D eigenvalue weighted by atomic mass is 10.1. The number of carbonyl (C=O) groups is 3. The summed E-state index contributed by atoms with van der Waals surface area (Å²) in [5.74, 6) is -0.803. The Morgan fingerprint density at radius 2 is 1.59 bits per heavy atom. The smallest absolute Gasteiger partial charge is 0.257 e. The average molecular weight is 417 g/mol. The third-order valence-corrected chi connectivity index (χ3v) is 4.20. The maximum atomic E-state index is 12.6. The van der Waals surface area contributed by atoms with Gasteiger partial charge in [-0.3, -0.25) is 19.3 Å². The number of anilines is 2.